The van der Waals surface area contributed by atoms with E-state index in [-0.39, 0.29) is 16.9 Å². The highest BCUT2D eigenvalue weighted by Gasteiger charge is 2.20. The van der Waals surface area contributed by atoms with Crippen LogP contribution in [0.2, 0.25) is 0 Å². The summed E-state index contributed by atoms with van der Waals surface area (Å²) in [6.45, 7) is 0. The van der Waals surface area contributed by atoms with Crippen molar-refractivity contribution in [2.24, 2.45) is 0 Å². The molecule has 0 bridgehead atoms. The van der Waals surface area contributed by atoms with E-state index in [0.717, 1.165) is 39.2 Å². The average Bonchev–Trinajstić information content (AvgIpc) is 3.28. The molecule has 1 heterocycles. The minimum atomic E-state index is -0.385. The Bertz CT molecular complexity index is 1690. The number of fused-ring (bicyclic) bond motifs is 1. The normalized spacial score (nSPS) is 12.7. The van der Waals surface area contributed by atoms with Crippen LogP contribution in [0.1, 0.15) is 27.0 Å². The number of ketones is 1. The molecule has 34 heavy (non-hydrogen) atoms. The van der Waals surface area contributed by atoms with Gasteiger partial charge in [0, 0.05) is 20.9 Å². The highest BCUT2D eigenvalue weighted by Crippen LogP contribution is 2.34. The number of benzene rings is 4. The Balaban J connectivity index is 1.52. The van der Waals surface area contributed by atoms with Gasteiger partial charge in [-0.05, 0) is 70.1 Å². The van der Waals surface area contributed by atoms with Crippen molar-refractivity contribution < 1.29 is 4.79 Å². The Morgan fingerprint density at radius 1 is 0.853 bits per heavy atom. The molecule has 1 aliphatic rings. The number of nitrogens with one attached hydrogen (secondary N) is 1. The second kappa shape index (κ2) is 8.23. The number of pyridine rings is 1. The summed E-state index contributed by atoms with van der Waals surface area (Å²) in [6, 6.07) is 25.9. The van der Waals surface area contributed by atoms with Crippen LogP contribution in [0.3, 0.4) is 0 Å². The third kappa shape index (κ3) is 3.42. The van der Waals surface area contributed by atoms with E-state index in [2.05, 4.69) is 51.2 Å². The van der Waals surface area contributed by atoms with E-state index in [9.17, 15) is 9.59 Å². The van der Waals surface area contributed by atoms with Crippen molar-refractivity contribution in [1.82, 2.24) is 4.98 Å². The van der Waals surface area contributed by atoms with Crippen LogP contribution in [0.15, 0.2) is 94.2 Å². The monoisotopic (exact) mass is 505 g/mol. The fraction of sp³-hybridized carbons (Fsp3) is 0.0667. The minimum Gasteiger partial charge on any atom is -0.321 e. The summed E-state index contributed by atoms with van der Waals surface area (Å²) in [4.78, 5) is 29.6. The summed E-state index contributed by atoms with van der Waals surface area (Å²) in [5, 5.41) is 3.27. The molecule has 6 rings (SSSR count). The quantitative estimate of drug-likeness (QED) is 0.209. The van der Waals surface area contributed by atoms with Gasteiger partial charge in [0.15, 0.2) is 5.78 Å². The van der Waals surface area contributed by atoms with Crippen molar-refractivity contribution in [1.29, 1.82) is 0 Å². The van der Waals surface area contributed by atoms with Gasteiger partial charge < -0.3 is 4.98 Å². The number of carbonyl (C=O) groups is 1. The summed E-state index contributed by atoms with van der Waals surface area (Å²) in [5.74, 6) is -0.315. The molecule has 0 atom stereocenters. The first kappa shape index (κ1) is 20.8. The van der Waals surface area contributed by atoms with E-state index in [4.69, 9.17) is 0 Å². The Kier molecular flexibility index (Phi) is 5.04. The van der Waals surface area contributed by atoms with Crippen LogP contribution < -0.4 is 5.56 Å². The van der Waals surface area contributed by atoms with Crippen molar-refractivity contribution in [2.45, 2.75) is 12.8 Å². The minimum absolute atomic E-state index is 0.152. The van der Waals surface area contributed by atoms with E-state index in [1.54, 1.807) is 0 Å². The standard InChI is InChI=1S/C30H20BrNO2/c31-22-14-15-25-24(17-22)28(19-5-2-1-3-6-19)29(30(34)32-25)26(33)16-13-18-9-10-21-12-11-20-7-4-8-23(18)27(20)21/h1-10,13-17H,11-12H2,(H,32,34)/b16-13+. The molecule has 4 heteroatoms. The lowest BCUT2D eigenvalue weighted by Crippen LogP contribution is -2.18. The fourth-order valence-electron chi connectivity index (χ4n) is 5.07. The highest BCUT2D eigenvalue weighted by atomic mass is 79.9. The summed E-state index contributed by atoms with van der Waals surface area (Å²) < 4.78 is 0.881. The number of H-pyrrole nitrogens is 1. The lowest BCUT2D eigenvalue weighted by atomic mass is 9.93. The number of carbonyl (C=O) groups excluding carboxylic acids is 1. The van der Waals surface area contributed by atoms with Crippen LogP contribution in [0.25, 0.3) is 38.9 Å². The van der Waals surface area contributed by atoms with Gasteiger partial charge in [0.05, 0.1) is 5.56 Å². The zero-order chi connectivity index (χ0) is 23.2. The average molecular weight is 506 g/mol. The van der Waals surface area contributed by atoms with Gasteiger partial charge in [-0.25, -0.2) is 0 Å². The molecule has 0 aliphatic heterocycles. The molecular weight excluding hydrogens is 486 g/mol. The summed E-state index contributed by atoms with van der Waals surface area (Å²) in [6.07, 6.45) is 5.48. The third-order valence-corrected chi connectivity index (χ3v) is 7.10. The molecule has 1 N–H and O–H groups in total. The van der Waals surface area contributed by atoms with Crippen molar-refractivity contribution in [2.75, 3.05) is 0 Å². The molecule has 164 valence electrons. The Hall–Kier alpha value is -3.76. The first-order valence-corrected chi connectivity index (χ1v) is 12.1. The van der Waals surface area contributed by atoms with E-state index in [1.165, 1.54) is 22.6 Å². The summed E-state index contributed by atoms with van der Waals surface area (Å²) >= 11 is 3.53. The number of hydrogen-bond acceptors (Lipinski definition) is 2. The Morgan fingerprint density at radius 2 is 1.65 bits per heavy atom. The van der Waals surface area contributed by atoms with Crippen molar-refractivity contribution in [3.8, 4) is 11.1 Å². The number of halogens is 1. The predicted molar refractivity (Wildman–Crippen MR) is 142 cm³/mol. The van der Waals surface area contributed by atoms with Gasteiger partial charge in [0.2, 0.25) is 0 Å². The number of aromatic amines is 1. The SMILES string of the molecule is O=C(/C=C/c1ccc2c3c(cccc13)CC2)c1c(-c2ccccc2)c2cc(Br)ccc2[nH]c1=O. The van der Waals surface area contributed by atoms with Crippen molar-refractivity contribution >= 4 is 49.5 Å². The van der Waals surface area contributed by atoms with Gasteiger partial charge in [0.25, 0.3) is 5.56 Å². The zero-order valence-electron chi connectivity index (χ0n) is 18.3. The number of hydrogen-bond donors (Lipinski definition) is 1. The van der Waals surface area contributed by atoms with Gasteiger partial charge in [-0.3, -0.25) is 9.59 Å². The Labute approximate surface area is 204 Å². The van der Waals surface area contributed by atoms with Crippen LogP contribution in [0.4, 0.5) is 0 Å². The maximum Gasteiger partial charge on any atom is 0.260 e. The van der Waals surface area contributed by atoms with Crippen molar-refractivity contribution in [3.63, 3.8) is 0 Å². The predicted octanol–water partition coefficient (Wildman–Crippen LogP) is 7.11. The van der Waals surface area contributed by atoms with E-state index < -0.39 is 0 Å². The molecule has 0 saturated heterocycles. The number of aromatic nitrogens is 1. The molecule has 3 nitrogen and oxygen atoms in total. The molecule has 1 aromatic heterocycles. The second-order valence-electron chi connectivity index (χ2n) is 8.61. The number of rotatable bonds is 4. The van der Waals surface area contributed by atoms with Crippen LogP contribution >= 0.6 is 15.9 Å². The van der Waals surface area contributed by atoms with Crippen LogP contribution in [0.5, 0.6) is 0 Å². The molecule has 0 radical (unpaired) electrons. The van der Waals surface area contributed by atoms with E-state index in [1.807, 2.05) is 54.6 Å². The van der Waals surface area contributed by atoms with Gasteiger partial charge >= 0.3 is 0 Å². The molecule has 4 aromatic carbocycles. The van der Waals surface area contributed by atoms with Crippen LogP contribution in [-0.4, -0.2) is 10.8 Å². The summed E-state index contributed by atoms with van der Waals surface area (Å²) in [5.41, 5.74) is 5.64. The first-order chi connectivity index (χ1) is 16.6. The van der Waals surface area contributed by atoms with Crippen LogP contribution in [0, 0.1) is 0 Å². The lowest BCUT2D eigenvalue weighted by molar-refractivity contribution is 0.104. The van der Waals surface area contributed by atoms with Gasteiger partial charge in [0.1, 0.15) is 0 Å². The largest absolute Gasteiger partial charge is 0.321 e. The van der Waals surface area contributed by atoms with Crippen molar-refractivity contribution in [3.05, 3.63) is 122 Å². The van der Waals surface area contributed by atoms with Gasteiger partial charge in [-0.1, -0.05) is 82.7 Å². The third-order valence-electron chi connectivity index (χ3n) is 6.61. The zero-order valence-corrected chi connectivity index (χ0v) is 19.9. The molecule has 0 saturated carbocycles. The topological polar surface area (TPSA) is 49.9 Å². The molecule has 5 aromatic rings. The summed E-state index contributed by atoms with van der Waals surface area (Å²) in [7, 11) is 0. The highest BCUT2D eigenvalue weighted by molar-refractivity contribution is 9.10. The van der Waals surface area contributed by atoms with Crippen LogP contribution in [-0.2, 0) is 12.8 Å². The van der Waals surface area contributed by atoms with Gasteiger partial charge in [-0.15, -0.1) is 0 Å². The maximum absolute atomic E-state index is 13.5. The first-order valence-electron chi connectivity index (χ1n) is 11.3. The molecular formula is C30H20BrNO2. The fourth-order valence-corrected chi connectivity index (χ4v) is 5.43. The number of aryl methyl sites for hydroxylation is 2. The maximum atomic E-state index is 13.5. The Morgan fingerprint density at radius 3 is 2.47 bits per heavy atom. The molecule has 0 spiro atoms. The van der Waals surface area contributed by atoms with Gasteiger partial charge in [-0.2, -0.15) is 0 Å². The van der Waals surface area contributed by atoms with E-state index >= 15 is 0 Å². The lowest BCUT2D eigenvalue weighted by Gasteiger charge is -2.12. The molecule has 0 unspecified atom stereocenters. The second-order valence-corrected chi connectivity index (χ2v) is 9.53. The molecule has 0 amide bonds. The number of allylic oxidation sites excluding steroid dienone is 1. The van der Waals surface area contributed by atoms with E-state index in [0.29, 0.717) is 11.1 Å². The smallest absolute Gasteiger partial charge is 0.260 e. The molecule has 0 fully saturated rings. The molecule has 1 aliphatic carbocycles.